The highest BCUT2D eigenvalue weighted by molar-refractivity contribution is 5.79. The predicted molar refractivity (Wildman–Crippen MR) is 86.7 cm³/mol. The number of ketones is 1. The number of nitrogens with one attached hydrogen (secondary N) is 1. The van der Waals surface area contributed by atoms with Gasteiger partial charge in [-0.15, -0.1) is 0 Å². The number of amides is 1. The maximum absolute atomic E-state index is 11.9. The van der Waals surface area contributed by atoms with E-state index in [0.717, 1.165) is 12.8 Å². The van der Waals surface area contributed by atoms with Crippen molar-refractivity contribution in [1.82, 2.24) is 5.32 Å². The van der Waals surface area contributed by atoms with Crippen LogP contribution in [0.4, 0.5) is 0 Å². The second kappa shape index (κ2) is 9.81. The summed E-state index contributed by atoms with van der Waals surface area (Å²) >= 11 is 0. The molecule has 1 aromatic rings. The summed E-state index contributed by atoms with van der Waals surface area (Å²) in [6, 6.07) is 4.07. The normalized spacial score (nSPS) is 11.9. The number of Topliss-reactive ketones (excluding diaryl/α,β-unsaturated/α-hetero) is 1. The zero-order valence-corrected chi connectivity index (χ0v) is 13.1. The summed E-state index contributed by atoms with van der Waals surface area (Å²) in [5.74, 6) is -0.356. The number of carbonyl (C=O) groups excluding carboxylic acids is 2. The van der Waals surface area contributed by atoms with Gasteiger partial charge in [0.15, 0.2) is 0 Å². The van der Waals surface area contributed by atoms with E-state index in [1.54, 1.807) is 0 Å². The van der Waals surface area contributed by atoms with Crippen molar-refractivity contribution in [2.75, 3.05) is 6.54 Å². The van der Waals surface area contributed by atoms with Crippen LogP contribution in [0, 0.1) is 0 Å². The van der Waals surface area contributed by atoms with Gasteiger partial charge in [0.1, 0.15) is 17.3 Å². The number of aromatic hydroxyl groups is 2. The number of carbonyl (C=O) groups is 2. The second-order valence-corrected chi connectivity index (χ2v) is 5.49. The lowest BCUT2D eigenvalue weighted by Gasteiger charge is -2.14. The molecule has 0 aliphatic carbocycles. The Morgan fingerprint density at radius 3 is 2.57 bits per heavy atom. The van der Waals surface area contributed by atoms with E-state index in [1.165, 1.54) is 18.2 Å². The van der Waals surface area contributed by atoms with E-state index in [9.17, 15) is 19.8 Å². The Balaban J connectivity index is 2.27. The molecule has 1 aromatic carbocycles. The minimum absolute atomic E-state index is 0.0190. The first kappa shape index (κ1) is 18.9. The maximum Gasteiger partial charge on any atom is 0.225 e. The number of benzene rings is 1. The molecule has 0 aliphatic heterocycles. The summed E-state index contributed by atoms with van der Waals surface area (Å²) in [4.78, 5) is 23.2. The van der Waals surface area contributed by atoms with E-state index in [2.05, 4.69) is 5.32 Å². The molecule has 1 unspecified atom stereocenters. The maximum atomic E-state index is 11.9. The molecule has 0 heterocycles. The molecule has 1 atom stereocenters. The molecular weight excluding hydrogens is 298 g/mol. The predicted octanol–water partition coefficient (Wildman–Crippen LogP) is 0.520. The van der Waals surface area contributed by atoms with Crippen LogP contribution in [0.5, 0.6) is 11.5 Å². The van der Waals surface area contributed by atoms with Gasteiger partial charge >= 0.3 is 0 Å². The summed E-state index contributed by atoms with van der Waals surface area (Å²) in [5.41, 5.74) is 11.5. The molecule has 7 N–H and O–H groups in total. The summed E-state index contributed by atoms with van der Waals surface area (Å²) in [6.07, 6.45) is 2.41. The van der Waals surface area contributed by atoms with Crippen LogP contribution in [0.15, 0.2) is 18.2 Å². The molecule has 0 radical (unpaired) electrons. The minimum atomic E-state index is -0.494. The van der Waals surface area contributed by atoms with Gasteiger partial charge in [0.2, 0.25) is 5.91 Å². The first-order valence-electron chi connectivity index (χ1n) is 7.70. The number of hydrogen-bond donors (Lipinski definition) is 5. The lowest BCUT2D eigenvalue weighted by Crippen LogP contribution is -2.42. The highest BCUT2D eigenvalue weighted by atomic mass is 16.3. The Bertz CT molecular complexity index is 534. The van der Waals surface area contributed by atoms with E-state index in [0.29, 0.717) is 31.4 Å². The van der Waals surface area contributed by atoms with Crippen LogP contribution in [0.1, 0.15) is 37.7 Å². The summed E-state index contributed by atoms with van der Waals surface area (Å²) < 4.78 is 0. The lowest BCUT2D eigenvalue weighted by molar-refractivity contribution is -0.121. The molecule has 0 bridgehead atoms. The average Bonchev–Trinajstić information content (AvgIpc) is 2.47. The van der Waals surface area contributed by atoms with Crippen LogP contribution in [-0.4, -0.2) is 34.6 Å². The van der Waals surface area contributed by atoms with Crippen LogP contribution in [0.2, 0.25) is 0 Å². The molecule has 7 heteroatoms. The monoisotopic (exact) mass is 323 g/mol. The van der Waals surface area contributed by atoms with E-state index >= 15 is 0 Å². The third kappa shape index (κ3) is 7.62. The molecule has 1 rings (SSSR count). The van der Waals surface area contributed by atoms with Gasteiger partial charge in [-0.25, -0.2) is 0 Å². The Kier molecular flexibility index (Phi) is 8.07. The summed E-state index contributed by atoms with van der Waals surface area (Å²) in [5, 5.41) is 21.5. The van der Waals surface area contributed by atoms with Crippen molar-refractivity contribution in [1.29, 1.82) is 0 Å². The lowest BCUT2D eigenvalue weighted by atomic mass is 10.1. The van der Waals surface area contributed by atoms with Gasteiger partial charge in [0.05, 0.1) is 12.6 Å². The van der Waals surface area contributed by atoms with Crippen LogP contribution in [-0.2, 0) is 16.0 Å². The van der Waals surface area contributed by atoms with Gasteiger partial charge < -0.3 is 27.0 Å². The number of nitrogens with two attached hydrogens (primary N) is 2. The molecule has 0 saturated carbocycles. The molecular formula is C16H25N3O4. The molecule has 23 heavy (non-hydrogen) atoms. The van der Waals surface area contributed by atoms with Crippen molar-refractivity contribution in [2.24, 2.45) is 11.5 Å². The van der Waals surface area contributed by atoms with E-state index in [4.69, 9.17) is 11.5 Å². The van der Waals surface area contributed by atoms with Crippen molar-refractivity contribution < 1.29 is 19.8 Å². The molecule has 7 nitrogen and oxygen atoms in total. The van der Waals surface area contributed by atoms with E-state index < -0.39 is 6.17 Å². The quantitative estimate of drug-likeness (QED) is 0.314. The van der Waals surface area contributed by atoms with E-state index in [1.807, 2.05) is 0 Å². The van der Waals surface area contributed by atoms with Crippen LogP contribution in [0.3, 0.4) is 0 Å². The van der Waals surface area contributed by atoms with Crippen LogP contribution in [0.25, 0.3) is 0 Å². The zero-order valence-electron chi connectivity index (χ0n) is 13.1. The van der Waals surface area contributed by atoms with Crippen molar-refractivity contribution >= 4 is 11.7 Å². The molecule has 0 aromatic heterocycles. The Labute approximate surface area is 135 Å². The molecule has 0 saturated heterocycles. The zero-order chi connectivity index (χ0) is 17.2. The van der Waals surface area contributed by atoms with Gasteiger partial charge in [0.25, 0.3) is 0 Å². The van der Waals surface area contributed by atoms with Crippen molar-refractivity contribution in [3.8, 4) is 11.5 Å². The SMILES string of the molecule is NCCC(=O)CCCCC(N)NC(=O)Cc1ccc(O)cc1O. The van der Waals surface area contributed by atoms with Crippen molar-refractivity contribution in [3.05, 3.63) is 23.8 Å². The topological polar surface area (TPSA) is 139 Å². The van der Waals surface area contributed by atoms with E-state index in [-0.39, 0.29) is 29.6 Å². The highest BCUT2D eigenvalue weighted by Crippen LogP contribution is 2.22. The molecule has 128 valence electrons. The Hall–Kier alpha value is -2.12. The largest absolute Gasteiger partial charge is 0.508 e. The first-order valence-corrected chi connectivity index (χ1v) is 7.70. The molecule has 0 aliphatic rings. The summed E-state index contributed by atoms with van der Waals surface area (Å²) in [7, 11) is 0. The number of phenols is 2. The van der Waals surface area contributed by atoms with Crippen molar-refractivity contribution in [2.45, 2.75) is 44.7 Å². The van der Waals surface area contributed by atoms with Gasteiger partial charge in [-0.3, -0.25) is 9.59 Å². The number of phenolic OH excluding ortho intramolecular Hbond substituents is 2. The number of rotatable bonds is 10. The highest BCUT2D eigenvalue weighted by Gasteiger charge is 2.11. The molecule has 1 amide bonds. The fourth-order valence-electron chi connectivity index (χ4n) is 2.18. The fourth-order valence-corrected chi connectivity index (χ4v) is 2.18. The van der Waals surface area contributed by atoms with Gasteiger partial charge in [-0.1, -0.05) is 6.07 Å². The minimum Gasteiger partial charge on any atom is -0.508 e. The third-order valence-electron chi connectivity index (χ3n) is 3.41. The molecule has 0 fully saturated rings. The average molecular weight is 323 g/mol. The second-order valence-electron chi connectivity index (χ2n) is 5.49. The van der Waals surface area contributed by atoms with Gasteiger partial charge in [-0.05, 0) is 31.9 Å². The van der Waals surface area contributed by atoms with Crippen molar-refractivity contribution in [3.63, 3.8) is 0 Å². The van der Waals surface area contributed by atoms with Crippen LogP contribution >= 0.6 is 0 Å². The number of hydrogen-bond acceptors (Lipinski definition) is 6. The van der Waals surface area contributed by atoms with Gasteiger partial charge in [-0.2, -0.15) is 0 Å². The van der Waals surface area contributed by atoms with Crippen LogP contribution < -0.4 is 16.8 Å². The van der Waals surface area contributed by atoms with Gasteiger partial charge in [0, 0.05) is 24.5 Å². The third-order valence-corrected chi connectivity index (χ3v) is 3.41. The smallest absolute Gasteiger partial charge is 0.225 e. The first-order chi connectivity index (χ1) is 10.9. The Morgan fingerprint density at radius 1 is 1.17 bits per heavy atom. The number of unbranched alkanes of at least 4 members (excludes halogenated alkanes) is 1. The Morgan fingerprint density at radius 2 is 1.91 bits per heavy atom. The summed E-state index contributed by atoms with van der Waals surface area (Å²) in [6.45, 7) is 0.374. The standard InChI is InChI=1S/C16H25N3O4/c17-8-7-12(20)3-1-2-4-15(18)19-16(23)9-11-5-6-13(21)10-14(11)22/h5-6,10,15,21-22H,1-4,7-9,17-18H2,(H,19,23). The fraction of sp³-hybridized carbons (Fsp3) is 0.500. The molecule has 0 spiro atoms.